The number of hydrogen-bond acceptors (Lipinski definition) is 8. The molecule has 1 aliphatic rings. The lowest BCUT2D eigenvalue weighted by Gasteiger charge is -2.26. The van der Waals surface area contributed by atoms with E-state index < -0.39 is 27.1 Å². The van der Waals surface area contributed by atoms with Gasteiger partial charge in [0.05, 0.1) is 34.7 Å². The van der Waals surface area contributed by atoms with Crippen LogP contribution in [0.1, 0.15) is 15.9 Å². The van der Waals surface area contributed by atoms with Gasteiger partial charge in [-0.15, -0.1) is 0 Å². The SMILES string of the molecule is O=C(NC(=S)Nc1ccc(CN2CCOCC2)cc1)c1cc([N+](=O)[O-])cc([N+](=O)[O-])c1. The summed E-state index contributed by atoms with van der Waals surface area (Å²) in [7, 11) is 0. The zero-order valence-electron chi connectivity index (χ0n) is 16.3. The Bertz CT molecular complexity index is 975. The number of nitrogens with one attached hydrogen (secondary N) is 2. The smallest absolute Gasteiger partial charge is 0.277 e. The van der Waals surface area contributed by atoms with E-state index in [1.54, 1.807) is 0 Å². The van der Waals surface area contributed by atoms with Gasteiger partial charge in [0.25, 0.3) is 17.3 Å². The topological polar surface area (TPSA) is 140 Å². The summed E-state index contributed by atoms with van der Waals surface area (Å²) >= 11 is 5.11. The van der Waals surface area contributed by atoms with E-state index in [-0.39, 0.29) is 10.7 Å². The van der Waals surface area contributed by atoms with Crippen LogP contribution in [0, 0.1) is 20.2 Å². The number of thiocarbonyl (C=S) groups is 1. The first kappa shape index (κ1) is 22.2. The molecule has 0 unspecified atom stereocenters. The lowest BCUT2D eigenvalue weighted by molar-refractivity contribution is -0.394. The van der Waals surface area contributed by atoms with Crippen LogP contribution >= 0.6 is 12.2 Å². The molecule has 1 aliphatic heterocycles. The molecule has 162 valence electrons. The lowest BCUT2D eigenvalue weighted by Crippen LogP contribution is -2.35. The van der Waals surface area contributed by atoms with E-state index in [0.29, 0.717) is 5.69 Å². The van der Waals surface area contributed by atoms with Gasteiger partial charge in [0.15, 0.2) is 5.11 Å². The first-order valence-corrected chi connectivity index (χ1v) is 9.68. The summed E-state index contributed by atoms with van der Waals surface area (Å²) in [5, 5.41) is 27.1. The highest BCUT2D eigenvalue weighted by Gasteiger charge is 2.20. The standard InChI is InChI=1S/C19H19N5O6S/c25-18(14-9-16(23(26)27)11-17(10-14)24(28)29)21-19(31)20-15-3-1-13(2-4-15)12-22-5-7-30-8-6-22/h1-4,9-11H,5-8,12H2,(H2,20,21,25,31). The molecular formula is C19H19N5O6S. The summed E-state index contributed by atoms with van der Waals surface area (Å²) in [6, 6.07) is 10.2. The van der Waals surface area contributed by atoms with Crippen LogP contribution < -0.4 is 10.6 Å². The predicted molar refractivity (Wildman–Crippen MR) is 116 cm³/mol. The molecule has 1 fully saturated rings. The lowest BCUT2D eigenvalue weighted by atomic mass is 10.1. The minimum Gasteiger partial charge on any atom is -0.379 e. The molecule has 0 aliphatic carbocycles. The normalized spacial score (nSPS) is 13.9. The van der Waals surface area contributed by atoms with E-state index in [2.05, 4.69) is 15.5 Å². The van der Waals surface area contributed by atoms with Gasteiger partial charge in [0.2, 0.25) is 0 Å². The Morgan fingerprint density at radius 2 is 1.61 bits per heavy atom. The number of carbonyl (C=O) groups is 1. The van der Waals surface area contributed by atoms with Crippen LogP contribution in [0.5, 0.6) is 0 Å². The molecule has 1 amide bonds. The maximum Gasteiger partial charge on any atom is 0.277 e. The Labute approximate surface area is 182 Å². The zero-order chi connectivity index (χ0) is 22.4. The van der Waals surface area contributed by atoms with Crippen LogP contribution in [0.4, 0.5) is 17.1 Å². The predicted octanol–water partition coefficient (Wildman–Crippen LogP) is 2.46. The maximum atomic E-state index is 12.4. The molecule has 31 heavy (non-hydrogen) atoms. The molecule has 11 nitrogen and oxygen atoms in total. The average Bonchev–Trinajstić information content (AvgIpc) is 2.75. The van der Waals surface area contributed by atoms with Gasteiger partial charge < -0.3 is 10.1 Å². The minimum atomic E-state index is -0.807. The van der Waals surface area contributed by atoms with Crippen molar-refractivity contribution in [1.29, 1.82) is 0 Å². The molecule has 2 aromatic rings. The van der Waals surface area contributed by atoms with Gasteiger partial charge in [-0.3, -0.25) is 35.2 Å². The summed E-state index contributed by atoms with van der Waals surface area (Å²) in [6.07, 6.45) is 0. The third kappa shape index (κ3) is 6.25. The molecule has 2 aromatic carbocycles. The third-order valence-electron chi connectivity index (χ3n) is 4.54. The van der Waals surface area contributed by atoms with Crippen molar-refractivity contribution in [3.63, 3.8) is 0 Å². The number of carbonyl (C=O) groups excluding carboxylic acids is 1. The summed E-state index contributed by atoms with van der Waals surface area (Å²) in [5.41, 5.74) is 0.390. The van der Waals surface area contributed by atoms with Crippen molar-refractivity contribution in [3.8, 4) is 0 Å². The molecule has 0 spiro atoms. The van der Waals surface area contributed by atoms with Crippen LogP contribution in [-0.2, 0) is 11.3 Å². The number of morpholine rings is 1. The third-order valence-corrected chi connectivity index (χ3v) is 4.74. The van der Waals surface area contributed by atoms with Crippen molar-refractivity contribution in [2.45, 2.75) is 6.54 Å². The number of non-ortho nitro benzene ring substituents is 2. The monoisotopic (exact) mass is 445 g/mol. The second kappa shape index (κ2) is 10.0. The Morgan fingerprint density at radius 3 is 2.16 bits per heavy atom. The first-order valence-electron chi connectivity index (χ1n) is 9.27. The maximum absolute atomic E-state index is 12.4. The van der Waals surface area contributed by atoms with E-state index in [1.165, 1.54) is 0 Å². The summed E-state index contributed by atoms with van der Waals surface area (Å²) in [5.74, 6) is -0.798. The van der Waals surface area contributed by atoms with Crippen LogP contribution in [0.25, 0.3) is 0 Å². The Morgan fingerprint density at radius 1 is 1.03 bits per heavy atom. The molecule has 0 atom stereocenters. The molecule has 0 aromatic heterocycles. The number of anilines is 1. The highest BCUT2D eigenvalue weighted by Crippen LogP contribution is 2.22. The Balaban J connectivity index is 1.60. The number of benzene rings is 2. The fraction of sp³-hybridized carbons (Fsp3) is 0.263. The van der Waals surface area contributed by atoms with Crippen LogP contribution in [0.15, 0.2) is 42.5 Å². The van der Waals surface area contributed by atoms with Crippen molar-refractivity contribution in [3.05, 3.63) is 73.8 Å². The number of amides is 1. The zero-order valence-corrected chi connectivity index (χ0v) is 17.1. The van der Waals surface area contributed by atoms with Gasteiger partial charge in [-0.2, -0.15) is 0 Å². The molecule has 3 rings (SSSR count). The molecule has 0 radical (unpaired) electrons. The number of nitrogens with zero attached hydrogens (tertiary/aromatic N) is 3. The molecule has 0 bridgehead atoms. The van der Waals surface area contributed by atoms with Crippen LogP contribution in [0.3, 0.4) is 0 Å². The van der Waals surface area contributed by atoms with Gasteiger partial charge in [0, 0.05) is 37.5 Å². The van der Waals surface area contributed by atoms with Gasteiger partial charge >= 0.3 is 0 Å². The highest BCUT2D eigenvalue weighted by molar-refractivity contribution is 7.80. The van der Waals surface area contributed by atoms with E-state index in [9.17, 15) is 25.0 Å². The van der Waals surface area contributed by atoms with Gasteiger partial charge in [-0.25, -0.2) is 0 Å². The van der Waals surface area contributed by atoms with Crippen molar-refractivity contribution >= 4 is 40.3 Å². The number of nitro groups is 2. The number of rotatable bonds is 6. The average molecular weight is 445 g/mol. The second-order valence-electron chi connectivity index (χ2n) is 6.75. The minimum absolute atomic E-state index is 0.0416. The number of nitro benzene ring substituents is 2. The van der Waals surface area contributed by atoms with Crippen LogP contribution in [0.2, 0.25) is 0 Å². The fourth-order valence-corrected chi connectivity index (χ4v) is 3.20. The molecule has 1 heterocycles. The largest absolute Gasteiger partial charge is 0.379 e. The number of ether oxygens (including phenoxy) is 1. The van der Waals surface area contributed by atoms with Gasteiger partial charge in [0.1, 0.15) is 0 Å². The van der Waals surface area contributed by atoms with Crippen molar-refractivity contribution in [2.75, 3.05) is 31.6 Å². The Hall–Kier alpha value is -3.48. The molecule has 12 heteroatoms. The summed E-state index contributed by atoms with van der Waals surface area (Å²) in [6.45, 7) is 4.01. The van der Waals surface area contributed by atoms with Crippen LogP contribution in [-0.4, -0.2) is 52.1 Å². The molecular weight excluding hydrogens is 426 g/mol. The molecule has 2 N–H and O–H groups in total. The van der Waals surface area contributed by atoms with E-state index >= 15 is 0 Å². The Kier molecular flexibility index (Phi) is 7.18. The van der Waals surface area contributed by atoms with Crippen molar-refractivity contribution in [2.24, 2.45) is 0 Å². The van der Waals surface area contributed by atoms with E-state index in [4.69, 9.17) is 17.0 Å². The first-order chi connectivity index (χ1) is 14.8. The quantitative estimate of drug-likeness (QED) is 0.390. The van der Waals surface area contributed by atoms with E-state index in [1.807, 2.05) is 24.3 Å². The van der Waals surface area contributed by atoms with Gasteiger partial charge in [-0.05, 0) is 29.9 Å². The summed E-state index contributed by atoms with van der Waals surface area (Å²) < 4.78 is 5.33. The van der Waals surface area contributed by atoms with Crippen molar-refractivity contribution in [1.82, 2.24) is 10.2 Å². The van der Waals surface area contributed by atoms with E-state index in [0.717, 1.165) is 56.6 Å². The second-order valence-corrected chi connectivity index (χ2v) is 7.15. The van der Waals surface area contributed by atoms with Gasteiger partial charge in [-0.1, -0.05) is 12.1 Å². The molecule has 0 saturated carbocycles. The summed E-state index contributed by atoms with van der Waals surface area (Å²) in [4.78, 5) is 35.0. The molecule has 1 saturated heterocycles. The highest BCUT2D eigenvalue weighted by atomic mass is 32.1. The fourth-order valence-electron chi connectivity index (χ4n) is 2.99. The van der Waals surface area contributed by atoms with Crippen molar-refractivity contribution < 1.29 is 19.4 Å². The number of hydrogen-bond donors (Lipinski definition) is 2.